The molecule has 0 unspecified atom stereocenters. The monoisotopic (exact) mass is 359 g/mol. The van der Waals surface area contributed by atoms with Crippen molar-refractivity contribution in [1.82, 2.24) is 14.9 Å². The lowest BCUT2D eigenvalue weighted by atomic mass is 10.1. The van der Waals surface area contributed by atoms with Crippen molar-refractivity contribution < 1.29 is 9.53 Å². The summed E-state index contributed by atoms with van der Waals surface area (Å²) in [5.74, 6) is 0.183. The highest BCUT2D eigenvalue weighted by Gasteiger charge is 2.26. The number of hydrogen-bond donors (Lipinski definition) is 0. The molecule has 3 rings (SSSR count). The Labute approximate surface area is 153 Å². The molecule has 1 atom stereocenters. The molecule has 1 aliphatic rings. The molecule has 1 aromatic carbocycles. The summed E-state index contributed by atoms with van der Waals surface area (Å²) < 4.78 is 5.58. The van der Waals surface area contributed by atoms with E-state index in [1.165, 1.54) is 0 Å². The van der Waals surface area contributed by atoms with Gasteiger partial charge in [-0.25, -0.2) is 0 Å². The zero-order chi connectivity index (χ0) is 17.5. The van der Waals surface area contributed by atoms with Crippen molar-refractivity contribution in [3.05, 3.63) is 59.1 Å². The maximum Gasteiger partial charge on any atom is 0.223 e. The van der Waals surface area contributed by atoms with E-state index in [0.29, 0.717) is 31.2 Å². The highest BCUT2D eigenvalue weighted by atomic mass is 35.5. The zero-order valence-electron chi connectivity index (χ0n) is 14.1. The first-order chi connectivity index (χ1) is 12.2. The average molecular weight is 360 g/mol. The molecule has 1 aromatic heterocycles. The second kappa shape index (κ2) is 8.92. The van der Waals surface area contributed by atoms with Crippen LogP contribution in [0.15, 0.2) is 42.9 Å². The molecule has 6 heteroatoms. The van der Waals surface area contributed by atoms with Gasteiger partial charge in [0.15, 0.2) is 0 Å². The molecule has 0 N–H and O–H groups in total. The SMILES string of the molecule is O=C(CCc1ccc(Cl)cc1)N1CCOC[C@@H]1CCc1cnccn1. The number of amides is 1. The number of morpholine rings is 1. The van der Waals surface area contributed by atoms with Gasteiger partial charge >= 0.3 is 0 Å². The Hall–Kier alpha value is -1.98. The number of halogens is 1. The molecule has 5 nitrogen and oxygen atoms in total. The molecular weight excluding hydrogens is 338 g/mol. The lowest BCUT2D eigenvalue weighted by Crippen LogP contribution is -2.49. The van der Waals surface area contributed by atoms with Crippen LogP contribution in [-0.4, -0.2) is 46.6 Å². The average Bonchev–Trinajstić information content (AvgIpc) is 2.67. The standard InChI is InChI=1S/C19H22ClN3O2/c20-16-4-1-15(2-5-16)3-8-19(24)23-11-12-25-14-18(23)7-6-17-13-21-9-10-22-17/h1-2,4-5,9-10,13,18H,3,6-8,11-12,14H2/t18-/m0/s1. The third-order valence-corrected chi connectivity index (χ3v) is 4.69. The Bertz CT molecular complexity index is 679. The van der Waals surface area contributed by atoms with Crippen LogP contribution in [0.25, 0.3) is 0 Å². The Morgan fingerprint density at radius 2 is 2.08 bits per heavy atom. The Morgan fingerprint density at radius 1 is 1.24 bits per heavy atom. The fourth-order valence-corrected chi connectivity index (χ4v) is 3.17. The predicted molar refractivity (Wildman–Crippen MR) is 96.4 cm³/mol. The number of carbonyl (C=O) groups excluding carboxylic acids is 1. The summed E-state index contributed by atoms with van der Waals surface area (Å²) in [5.41, 5.74) is 2.07. The number of ether oxygens (including phenoxy) is 1. The normalized spacial score (nSPS) is 17.5. The fraction of sp³-hybridized carbons (Fsp3) is 0.421. The smallest absolute Gasteiger partial charge is 0.223 e. The molecule has 1 fully saturated rings. The van der Waals surface area contributed by atoms with Crippen LogP contribution in [-0.2, 0) is 22.4 Å². The van der Waals surface area contributed by atoms with E-state index in [2.05, 4.69) is 9.97 Å². The van der Waals surface area contributed by atoms with Crippen molar-refractivity contribution in [2.75, 3.05) is 19.8 Å². The molecule has 2 heterocycles. The van der Waals surface area contributed by atoms with Crippen molar-refractivity contribution in [1.29, 1.82) is 0 Å². The van der Waals surface area contributed by atoms with Crippen molar-refractivity contribution in [3.8, 4) is 0 Å². The van der Waals surface area contributed by atoms with Gasteiger partial charge in [0.05, 0.1) is 24.9 Å². The second-order valence-corrected chi connectivity index (χ2v) is 6.61. The van der Waals surface area contributed by atoms with Gasteiger partial charge in [-0.1, -0.05) is 23.7 Å². The van der Waals surface area contributed by atoms with Crippen LogP contribution in [0.2, 0.25) is 5.02 Å². The molecule has 1 aliphatic heterocycles. The van der Waals surface area contributed by atoms with Crippen molar-refractivity contribution in [3.63, 3.8) is 0 Å². The van der Waals surface area contributed by atoms with E-state index in [4.69, 9.17) is 16.3 Å². The molecule has 25 heavy (non-hydrogen) atoms. The minimum atomic E-state index is 0.105. The highest BCUT2D eigenvalue weighted by Crippen LogP contribution is 2.16. The van der Waals surface area contributed by atoms with Gasteiger partial charge in [-0.15, -0.1) is 0 Å². The number of carbonyl (C=O) groups is 1. The summed E-state index contributed by atoms with van der Waals surface area (Å²) in [6.45, 7) is 1.85. The molecule has 0 spiro atoms. The van der Waals surface area contributed by atoms with E-state index < -0.39 is 0 Å². The largest absolute Gasteiger partial charge is 0.377 e. The summed E-state index contributed by atoms with van der Waals surface area (Å²) in [6, 6.07) is 7.77. The summed E-state index contributed by atoms with van der Waals surface area (Å²) in [4.78, 5) is 23.0. The minimum absolute atomic E-state index is 0.105. The van der Waals surface area contributed by atoms with Gasteiger partial charge < -0.3 is 9.64 Å². The molecular formula is C19H22ClN3O2. The Balaban J connectivity index is 1.54. The summed E-state index contributed by atoms with van der Waals surface area (Å²) in [7, 11) is 0. The fourth-order valence-electron chi connectivity index (χ4n) is 3.04. The molecule has 1 amide bonds. The molecule has 0 bridgehead atoms. The molecule has 0 saturated carbocycles. The van der Waals surface area contributed by atoms with Crippen molar-refractivity contribution in [2.24, 2.45) is 0 Å². The van der Waals surface area contributed by atoms with Crippen LogP contribution in [0.4, 0.5) is 0 Å². The van der Waals surface area contributed by atoms with E-state index in [0.717, 1.165) is 30.5 Å². The van der Waals surface area contributed by atoms with Crippen LogP contribution in [0, 0.1) is 0 Å². The van der Waals surface area contributed by atoms with Crippen molar-refractivity contribution >= 4 is 17.5 Å². The van der Waals surface area contributed by atoms with Crippen LogP contribution in [0.5, 0.6) is 0 Å². The van der Waals surface area contributed by atoms with Gasteiger partial charge in [0.2, 0.25) is 5.91 Å². The van der Waals surface area contributed by atoms with Gasteiger partial charge in [0.1, 0.15) is 0 Å². The first-order valence-electron chi connectivity index (χ1n) is 8.59. The second-order valence-electron chi connectivity index (χ2n) is 6.18. The third-order valence-electron chi connectivity index (χ3n) is 4.44. The van der Waals surface area contributed by atoms with Gasteiger partial charge in [-0.3, -0.25) is 14.8 Å². The molecule has 1 saturated heterocycles. The van der Waals surface area contributed by atoms with Crippen LogP contribution in [0.3, 0.4) is 0 Å². The third kappa shape index (κ3) is 5.25. The van der Waals surface area contributed by atoms with Crippen LogP contribution < -0.4 is 0 Å². The van der Waals surface area contributed by atoms with E-state index in [-0.39, 0.29) is 11.9 Å². The summed E-state index contributed by atoms with van der Waals surface area (Å²) in [5, 5.41) is 0.715. The van der Waals surface area contributed by atoms with Gasteiger partial charge in [-0.2, -0.15) is 0 Å². The highest BCUT2D eigenvalue weighted by molar-refractivity contribution is 6.30. The molecule has 0 radical (unpaired) electrons. The van der Waals surface area contributed by atoms with Crippen LogP contribution in [0.1, 0.15) is 24.1 Å². The first kappa shape index (κ1) is 17.8. The number of nitrogens with zero attached hydrogens (tertiary/aromatic N) is 3. The number of aryl methyl sites for hydroxylation is 2. The van der Waals surface area contributed by atoms with Gasteiger partial charge in [0.25, 0.3) is 0 Å². The Kier molecular flexibility index (Phi) is 6.36. The van der Waals surface area contributed by atoms with E-state index in [9.17, 15) is 4.79 Å². The zero-order valence-corrected chi connectivity index (χ0v) is 14.9. The maximum atomic E-state index is 12.7. The molecule has 2 aromatic rings. The summed E-state index contributed by atoms with van der Waals surface area (Å²) in [6.07, 6.45) is 8.00. The number of hydrogen-bond acceptors (Lipinski definition) is 4. The number of rotatable bonds is 6. The molecule has 132 valence electrons. The lowest BCUT2D eigenvalue weighted by Gasteiger charge is -2.36. The predicted octanol–water partition coefficient (Wildman–Crippen LogP) is 2.92. The first-order valence-corrected chi connectivity index (χ1v) is 8.97. The Morgan fingerprint density at radius 3 is 2.84 bits per heavy atom. The van der Waals surface area contributed by atoms with E-state index in [1.54, 1.807) is 18.6 Å². The lowest BCUT2D eigenvalue weighted by molar-refractivity contribution is -0.140. The number of aromatic nitrogens is 2. The quantitative estimate of drug-likeness (QED) is 0.795. The van der Waals surface area contributed by atoms with Crippen LogP contribution >= 0.6 is 11.6 Å². The van der Waals surface area contributed by atoms with Gasteiger partial charge in [0, 0.05) is 36.6 Å². The number of benzene rings is 1. The maximum absolute atomic E-state index is 12.7. The topological polar surface area (TPSA) is 55.3 Å². The van der Waals surface area contributed by atoms with E-state index in [1.807, 2.05) is 29.2 Å². The van der Waals surface area contributed by atoms with E-state index >= 15 is 0 Å². The minimum Gasteiger partial charge on any atom is -0.377 e. The summed E-state index contributed by atoms with van der Waals surface area (Å²) >= 11 is 5.90. The van der Waals surface area contributed by atoms with Crippen molar-refractivity contribution in [2.45, 2.75) is 31.7 Å². The molecule has 0 aliphatic carbocycles. The van der Waals surface area contributed by atoms with Gasteiger partial charge in [-0.05, 0) is 37.0 Å².